The van der Waals surface area contributed by atoms with Gasteiger partial charge in [-0.05, 0) is 0 Å². The molecule has 2 nitrogen and oxygen atoms in total. The molecule has 0 aromatic rings. The fraction of sp³-hybridized carbons (Fsp3) is 0. The molecule has 4 heteroatoms. The van der Waals surface area contributed by atoms with E-state index in [2.05, 4.69) is 35.9 Å². The van der Waals surface area contributed by atoms with Crippen molar-refractivity contribution in [2.24, 2.45) is 11.5 Å². The van der Waals surface area contributed by atoms with Gasteiger partial charge < -0.3 is 11.5 Å². The highest BCUT2D eigenvalue weighted by Crippen LogP contribution is 1.16. The van der Waals surface area contributed by atoms with Crippen molar-refractivity contribution in [2.45, 2.75) is 0 Å². The van der Waals surface area contributed by atoms with E-state index in [1.54, 1.807) is 0 Å². The second-order valence-corrected chi connectivity index (χ2v) is 0.816. The van der Waals surface area contributed by atoms with Gasteiger partial charge in [0.15, 0.2) is 0 Å². The lowest BCUT2D eigenvalue weighted by molar-refractivity contribution is 1.93. The SMILES string of the molecule is NC=S.NC=S. The third kappa shape index (κ3) is 604. The minimum Gasteiger partial charge on any atom is -0.396 e. The van der Waals surface area contributed by atoms with E-state index < -0.39 is 0 Å². The molecule has 0 radical (unpaired) electrons. The molecule has 0 atom stereocenters. The standard InChI is InChI=1S/2CH3NS/c2*2-1-3/h2*1H,(H2,2,3). The van der Waals surface area contributed by atoms with E-state index in [-0.39, 0.29) is 0 Å². The second kappa shape index (κ2) is 21.6. The summed E-state index contributed by atoms with van der Waals surface area (Å²) in [7, 11) is 0. The van der Waals surface area contributed by atoms with Crippen LogP contribution in [0.4, 0.5) is 0 Å². The quantitative estimate of drug-likeness (QED) is 0.437. The predicted molar refractivity (Wildman–Crippen MR) is 35.7 cm³/mol. The van der Waals surface area contributed by atoms with Gasteiger partial charge in [-0.3, -0.25) is 0 Å². The van der Waals surface area contributed by atoms with Gasteiger partial charge in [-0.25, -0.2) is 0 Å². The number of nitrogens with two attached hydrogens (primary N) is 2. The molecule has 0 unspecified atom stereocenters. The predicted octanol–water partition coefficient (Wildman–Crippen LogP) is -0.195. The largest absolute Gasteiger partial charge is 0.396 e. The average Bonchev–Trinajstić information content (AvgIpc) is 1.39. The molecule has 0 aliphatic heterocycles. The molecule has 0 rings (SSSR count). The van der Waals surface area contributed by atoms with E-state index in [0.717, 1.165) is 11.0 Å². The van der Waals surface area contributed by atoms with Crippen molar-refractivity contribution in [3.63, 3.8) is 0 Å². The smallest absolute Gasteiger partial charge is 0.0588 e. The summed E-state index contributed by atoms with van der Waals surface area (Å²) in [5.41, 5.74) is 11.2. The first kappa shape index (κ1) is 9.24. The van der Waals surface area contributed by atoms with Crippen LogP contribution in [0.5, 0.6) is 0 Å². The van der Waals surface area contributed by atoms with Crippen LogP contribution in [-0.4, -0.2) is 11.0 Å². The van der Waals surface area contributed by atoms with Crippen LogP contribution in [0, 0.1) is 0 Å². The van der Waals surface area contributed by atoms with Crippen molar-refractivity contribution in [3.8, 4) is 0 Å². The maximum Gasteiger partial charge on any atom is 0.0588 e. The number of thiocarbonyl (C=S) groups is 2. The molecule has 0 fully saturated rings. The average molecular weight is 122 g/mol. The van der Waals surface area contributed by atoms with Gasteiger partial charge in [-0.1, -0.05) is 24.4 Å². The van der Waals surface area contributed by atoms with Gasteiger partial charge in [0.1, 0.15) is 0 Å². The monoisotopic (exact) mass is 122 g/mol. The van der Waals surface area contributed by atoms with E-state index in [1.807, 2.05) is 0 Å². The first-order valence-electron chi connectivity index (χ1n) is 1.14. The summed E-state index contributed by atoms with van der Waals surface area (Å²) < 4.78 is 0. The van der Waals surface area contributed by atoms with Gasteiger partial charge >= 0.3 is 0 Å². The van der Waals surface area contributed by atoms with Crippen LogP contribution in [-0.2, 0) is 0 Å². The van der Waals surface area contributed by atoms with E-state index in [4.69, 9.17) is 0 Å². The first-order valence-corrected chi connectivity index (χ1v) is 2.08. The van der Waals surface area contributed by atoms with Gasteiger partial charge in [0.05, 0.1) is 11.0 Å². The van der Waals surface area contributed by atoms with Crippen LogP contribution >= 0.6 is 24.4 Å². The zero-order chi connectivity index (χ0) is 5.41. The van der Waals surface area contributed by atoms with Gasteiger partial charge in [0.25, 0.3) is 0 Å². The fourth-order valence-corrected chi connectivity index (χ4v) is 0. The Hall–Kier alpha value is -0.220. The minimum absolute atomic E-state index is 1.08. The fourth-order valence-electron chi connectivity index (χ4n) is 0. The Kier molecular flexibility index (Phi) is 33.2. The van der Waals surface area contributed by atoms with Crippen LogP contribution < -0.4 is 11.5 Å². The van der Waals surface area contributed by atoms with E-state index in [0.29, 0.717) is 0 Å². The molecule has 0 spiro atoms. The molecule has 6 heavy (non-hydrogen) atoms. The maximum atomic E-state index is 4.54. The molecule has 0 bridgehead atoms. The summed E-state index contributed by atoms with van der Waals surface area (Å²) in [4.78, 5) is 0. The van der Waals surface area contributed by atoms with Crippen molar-refractivity contribution >= 4 is 35.4 Å². The molecular weight excluding hydrogens is 116 g/mol. The molecule has 4 N–H and O–H groups in total. The highest BCUT2D eigenvalue weighted by atomic mass is 32.1. The number of hydrogen-bond donors (Lipinski definition) is 2. The minimum atomic E-state index is 1.08. The molecular formula is C2H6N2S2. The zero-order valence-electron chi connectivity index (χ0n) is 3.13. The summed E-state index contributed by atoms with van der Waals surface area (Å²) in [5, 5.41) is 0. The normalized spacial score (nSPS) is 4.00. The molecule has 0 amide bonds. The Morgan fingerprint density at radius 3 is 1.00 bits per heavy atom. The lowest BCUT2D eigenvalue weighted by atomic mass is 11.6. The van der Waals surface area contributed by atoms with Crippen LogP contribution in [0.15, 0.2) is 0 Å². The summed E-state index contributed by atoms with van der Waals surface area (Å²) in [5.74, 6) is 0. The zero-order valence-corrected chi connectivity index (χ0v) is 4.76. The Labute approximate surface area is 47.5 Å². The van der Waals surface area contributed by atoms with Crippen molar-refractivity contribution in [3.05, 3.63) is 0 Å². The molecule has 0 saturated heterocycles. The van der Waals surface area contributed by atoms with Gasteiger partial charge in [0, 0.05) is 0 Å². The van der Waals surface area contributed by atoms with E-state index in [1.165, 1.54) is 0 Å². The van der Waals surface area contributed by atoms with Crippen molar-refractivity contribution < 1.29 is 0 Å². The van der Waals surface area contributed by atoms with E-state index in [9.17, 15) is 0 Å². The summed E-state index contributed by atoms with van der Waals surface area (Å²) in [6, 6.07) is 0. The summed E-state index contributed by atoms with van der Waals surface area (Å²) in [6.45, 7) is 0. The molecule has 0 saturated carbocycles. The second-order valence-electron chi connectivity index (χ2n) is 0.272. The molecule has 36 valence electrons. The Morgan fingerprint density at radius 2 is 1.00 bits per heavy atom. The third-order valence-corrected chi connectivity index (χ3v) is 0. The van der Waals surface area contributed by atoms with Gasteiger partial charge in [-0.2, -0.15) is 0 Å². The van der Waals surface area contributed by atoms with Crippen molar-refractivity contribution in [2.75, 3.05) is 0 Å². The number of hydrogen-bond acceptors (Lipinski definition) is 2. The van der Waals surface area contributed by atoms with Crippen molar-refractivity contribution in [1.82, 2.24) is 0 Å². The van der Waals surface area contributed by atoms with Crippen molar-refractivity contribution in [1.29, 1.82) is 0 Å². The van der Waals surface area contributed by atoms with Crippen LogP contribution in [0.25, 0.3) is 0 Å². The van der Waals surface area contributed by atoms with Crippen LogP contribution in [0.3, 0.4) is 0 Å². The first-order chi connectivity index (χ1) is 2.83. The summed E-state index contributed by atoms with van der Waals surface area (Å²) in [6.07, 6.45) is 0. The van der Waals surface area contributed by atoms with Gasteiger partial charge in [-0.15, -0.1) is 0 Å². The topological polar surface area (TPSA) is 52.0 Å². The van der Waals surface area contributed by atoms with Gasteiger partial charge in [0.2, 0.25) is 0 Å². The molecule has 0 aromatic carbocycles. The molecule has 0 aromatic heterocycles. The molecule has 0 aliphatic carbocycles. The summed E-state index contributed by atoms with van der Waals surface area (Å²) >= 11 is 8.09. The molecule has 0 aliphatic rings. The third-order valence-electron chi connectivity index (χ3n) is 0. The van der Waals surface area contributed by atoms with Crippen LogP contribution in [0.2, 0.25) is 0 Å². The number of rotatable bonds is 0. The highest BCUT2D eigenvalue weighted by Gasteiger charge is 1.13. The Balaban J connectivity index is 0. The molecule has 0 heterocycles. The lowest BCUT2D eigenvalue weighted by Crippen LogP contribution is -1.79. The van der Waals surface area contributed by atoms with Crippen LogP contribution in [0.1, 0.15) is 0 Å². The Bertz CT molecular complexity index is 30.5. The Morgan fingerprint density at radius 1 is 1.00 bits per heavy atom. The maximum absolute atomic E-state index is 4.54. The van der Waals surface area contributed by atoms with E-state index >= 15 is 0 Å². The highest BCUT2D eigenvalue weighted by molar-refractivity contribution is 7.79. The lowest BCUT2D eigenvalue weighted by Gasteiger charge is -1.36.